The highest BCUT2D eigenvalue weighted by Crippen LogP contribution is 2.23. The van der Waals surface area contributed by atoms with Gasteiger partial charge in [-0.25, -0.2) is 0 Å². The van der Waals surface area contributed by atoms with Crippen molar-refractivity contribution in [1.82, 2.24) is 15.1 Å². The lowest BCUT2D eigenvalue weighted by atomic mass is 9.94. The van der Waals surface area contributed by atoms with Gasteiger partial charge in [0, 0.05) is 38.3 Å². The Bertz CT molecular complexity index is 364. The van der Waals surface area contributed by atoms with E-state index in [2.05, 4.69) is 35.0 Å². The van der Waals surface area contributed by atoms with Crippen LogP contribution in [0.15, 0.2) is 0 Å². The van der Waals surface area contributed by atoms with Gasteiger partial charge in [0.05, 0.1) is 19.3 Å². The number of rotatable bonds is 6. The maximum atomic E-state index is 9.41. The Labute approximate surface area is 129 Å². The van der Waals surface area contributed by atoms with Gasteiger partial charge in [0.1, 0.15) is 5.54 Å². The number of hydrogen-bond donors (Lipinski definition) is 1. The fourth-order valence-electron chi connectivity index (χ4n) is 3.68. The van der Waals surface area contributed by atoms with Crippen LogP contribution in [0.3, 0.4) is 0 Å². The van der Waals surface area contributed by atoms with Crippen molar-refractivity contribution in [2.24, 2.45) is 0 Å². The Balaban J connectivity index is 1.84. The molecule has 3 unspecified atom stereocenters. The fourth-order valence-corrected chi connectivity index (χ4v) is 3.68. The fraction of sp³-hybridized carbons (Fsp3) is 0.938. The van der Waals surface area contributed by atoms with Crippen molar-refractivity contribution in [3.8, 4) is 6.07 Å². The lowest BCUT2D eigenvalue weighted by Gasteiger charge is -2.34. The zero-order valence-corrected chi connectivity index (χ0v) is 13.8. The molecular formula is C16H30N4O. The third kappa shape index (κ3) is 4.40. The van der Waals surface area contributed by atoms with Gasteiger partial charge in [-0.05, 0) is 33.2 Å². The normalized spacial score (nSPS) is 29.0. The van der Waals surface area contributed by atoms with E-state index in [0.29, 0.717) is 12.1 Å². The molecule has 0 aromatic rings. The first-order valence-corrected chi connectivity index (χ1v) is 8.30. The van der Waals surface area contributed by atoms with E-state index in [9.17, 15) is 5.26 Å². The first-order chi connectivity index (χ1) is 10.1. The Morgan fingerprint density at radius 2 is 2.10 bits per heavy atom. The molecule has 0 bridgehead atoms. The molecule has 2 aliphatic rings. The van der Waals surface area contributed by atoms with Crippen LogP contribution in [0.5, 0.6) is 0 Å². The van der Waals surface area contributed by atoms with E-state index < -0.39 is 5.54 Å². The molecule has 2 aliphatic heterocycles. The molecule has 5 heteroatoms. The molecular weight excluding hydrogens is 264 g/mol. The molecule has 0 aromatic carbocycles. The maximum absolute atomic E-state index is 9.41. The number of likely N-dealkylation sites (tertiary alicyclic amines) is 1. The number of morpholine rings is 1. The van der Waals surface area contributed by atoms with E-state index in [1.807, 2.05) is 6.92 Å². The molecule has 0 aliphatic carbocycles. The number of nitrogens with one attached hydrogen (secondary N) is 1. The molecule has 1 N–H and O–H groups in total. The molecule has 120 valence electrons. The third-order valence-corrected chi connectivity index (χ3v) is 4.90. The van der Waals surface area contributed by atoms with Crippen LogP contribution in [0.4, 0.5) is 0 Å². The van der Waals surface area contributed by atoms with E-state index in [1.165, 1.54) is 6.42 Å². The van der Waals surface area contributed by atoms with Gasteiger partial charge in [0.2, 0.25) is 0 Å². The third-order valence-electron chi connectivity index (χ3n) is 4.90. The topological polar surface area (TPSA) is 51.5 Å². The summed E-state index contributed by atoms with van der Waals surface area (Å²) < 4.78 is 5.44. The Morgan fingerprint density at radius 1 is 1.38 bits per heavy atom. The molecule has 5 nitrogen and oxygen atoms in total. The quantitative estimate of drug-likeness (QED) is 0.794. The van der Waals surface area contributed by atoms with Gasteiger partial charge in [-0.2, -0.15) is 5.26 Å². The number of nitrogens with zero attached hydrogens (tertiary/aromatic N) is 3. The second kappa shape index (κ2) is 7.55. The number of ether oxygens (including phenoxy) is 1. The number of hydrogen-bond acceptors (Lipinski definition) is 5. The minimum Gasteiger partial charge on any atom is -0.379 e. The highest BCUT2D eigenvalue weighted by molar-refractivity contribution is 5.05. The molecule has 0 radical (unpaired) electrons. The van der Waals surface area contributed by atoms with Crippen LogP contribution in [0, 0.1) is 11.3 Å². The van der Waals surface area contributed by atoms with Crippen LogP contribution in [-0.4, -0.2) is 73.4 Å². The van der Waals surface area contributed by atoms with Gasteiger partial charge in [-0.1, -0.05) is 6.92 Å². The van der Waals surface area contributed by atoms with Gasteiger partial charge < -0.3 is 4.74 Å². The van der Waals surface area contributed by atoms with Crippen LogP contribution in [-0.2, 0) is 4.74 Å². The van der Waals surface area contributed by atoms with Crippen molar-refractivity contribution in [3.63, 3.8) is 0 Å². The molecule has 0 saturated carbocycles. The van der Waals surface area contributed by atoms with Crippen LogP contribution in [0.25, 0.3) is 0 Å². The summed E-state index contributed by atoms with van der Waals surface area (Å²) in [5.74, 6) is 0. The van der Waals surface area contributed by atoms with Crippen LogP contribution in [0.2, 0.25) is 0 Å². The van der Waals surface area contributed by atoms with Crippen molar-refractivity contribution in [2.75, 3.05) is 45.9 Å². The van der Waals surface area contributed by atoms with E-state index in [-0.39, 0.29) is 0 Å². The highest BCUT2D eigenvalue weighted by Gasteiger charge is 2.34. The minimum atomic E-state index is -0.411. The smallest absolute Gasteiger partial charge is 0.105 e. The zero-order valence-electron chi connectivity index (χ0n) is 13.8. The summed E-state index contributed by atoms with van der Waals surface area (Å²) in [4.78, 5) is 5.12. The molecule has 2 heterocycles. The van der Waals surface area contributed by atoms with Crippen molar-refractivity contribution in [3.05, 3.63) is 0 Å². The van der Waals surface area contributed by atoms with Crippen molar-refractivity contribution in [1.29, 1.82) is 5.26 Å². The van der Waals surface area contributed by atoms with Gasteiger partial charge in [0.25, 0.3) is 0 Å². The Morgan fingerprint density at radius 3 is 2.71 bits per heavy atom. The lowest BCUT2D eigenvalue weighted by molar-refractivity contribution is 0.0175. The van der Waals surface area contributed by atoms with Gasteiger partial charge in [-0.3, -0.25) is 15.1 Å². The first kappa shape index (κ1) is 16.7. The maximum Gasteiger partial charge on any atom is 0.105 e. The average Bonchev–Trinajstić information content (AvgIpc) is 2.98. The largest absolute Gasteiger partial charge is 0.379 e. The summed E-state index contributed by atoms with van der Waals surface area (Å²) in [7, 11) is 0. The SMILES string of the molecule is CCNC(C)(C#N)CC(C)N1CCC(N2CCOCC2)C1. The first-order valence-electron chi connectivity index (χ1n) is 8.30. The van der Waals surface area contributed by atoms with Crippen LogP contribution in [0.1, 0.15) is 33.6 Å². The second-order valence-corrected chi connectivity index (χ2v) is 6.61. The molecule has 2 fully saturated rings. The van der Waals surface area contributed by atoms with Crippen LogP contribution < -0.4 is 5.32 Å². The molecule has 0 spiro atoms. The monoisotopic (exact) mass is 294 g/mol. The summed E-state index contributed by atoms with van der Waals surface area (Å²) in [6, 6.07) is 3.56. The van der Waals surface area contributed by atoms with Crippen LogP contribution >= 0.6 is 0 Å². The Hall–Kier alpha value is -0.670. The standard InChI is InChI=1S/C16H30N4O/c1-4-18-16(3,13-17)11-14(2)20-6-5-15(12-20)19-7-9-21-10-8-19/h14-15,18H,4-12H2,1-3H3. The molecule has 2 saturated heterocycles. The number of nitriles is 1. The summed E-state index contributed by atoms with van der Waals surface area (Å²) in [5, 5.41) is 12.7. The van der Waals surface area contributed by atoms with Gasteiger partial charge in [-0.15, -0.1) is 0 Å². The molecule has 21 heavy (non-hydrogen) atoms. The summed E-state index contributed by atoms with van der Waals surface area (Å²) in [6.07, 6.45) is 2.13. The summed E-state index contributed by atoms with van der Waals surface area (Å²) >= 11 is 0. The summed E-state index contributed by atoms with van der Waals surface area (Å²) in [5.41, 5.74) is -0.411. The van der Waals surface area contributed by atoms with Crippen molar-refractivity contribution < 1.29 is 4.74 Å². The average molecular weight is 294 g/mol. The molecule has 0 amide bonds. The van der Waals surface area contributed by atoms with Crippen molar-refractivity contribution in [2.45, 2.75) is 51.2 Å². The molecule has 0 aromatic heterocycles. The molecule has 2 rings (SSSR count). The zero-order chi connectivity index (χ0) is 15.3. The van der Waals surface area contributed by atoms with Gasteiger partial charge >= 0.3 is 0 Å². The van der Waals surface area contributed by atoms with E-state index in [0.717, 1.165) is 52.4 Å². The lowest BCUT2D eigenvalue weighted by Crippen LogP contribution is -2.48. The predicted molar refractivity (Wildman–Crippen MR) is 84.1 cm³/mol. The second-order valence-electron chi connectivity index (χ2n) is 6.61. The van der Waals surface area contributed by atoms with E-state index in [1.54, 1.807) is 0 Å². The summed E-state index contributed by atoms with van der Waals surface area (Å²) in [6.45, 7) is 13.3. The predicted octanol–water partition coefficient (Wildman–Crippen LogP) is 1.06. The van der Waals surface area contributed by atoms with E-state index in [4.69, 9.17) is 4.74 Å². The molecule has 3 atom stereocenters. The Kier molecular flexibility index (Phi) is 6.00. The minimum absolute atomic E-state index is 0.411. The highest BCUT2D eigenvalue weighted by atomic mass is 16.5. The van der Waals surface area contributed by atoms with Gasteiger partial charge in [0.15, 0.2) is 0 Å². The van der Waals surface area contributed by atoms with Crippen molar-refractivity contribution >= 4 is 0 Å². The van der Waals surface area contributed by atoms with E-state index >= 15 is 0 Å².